The average Bonchev–Trinajstić information content (AvgIpc) is 2.78. The van der Waals surface area contributed by atoms with E-state index in [0.717, 1.165) is 11.3 Å². The van der Waals surface area contributed by atoms with Crippen molar-refractivity contribution in [3.8, 4) is 0 Å². The van der Waals surface area contributed by atoms with Crippen molar-refractivity contribution >= 4 is 33.0 Å². The molecule has 1 heterocycles. The van der Waals surface area contributed by atoms with Gasteiger partial charge in [0.05, 0.1) is 6.61 Å². The lowest BCUT2D eigenvalue weighted by Crippen LogP contribution is -2.38. The predicted octanol–water partition coefficient (Wildman–Crippen LogP) is 2.23. The van der Waals surface area contributed by atoms with Crippen molar-refractivity contribution in [3.05, 3.63) is 17.0 Å². The summed E-state index contributed by atoms with van der Waals surface area (Å²) in [6, 6.07) is 3.19. The minimum atomic E-state index is -3.46. The topological polar surface area (TPSA) is 55.4 Å². The minimum absolute atomic E-state index is 0.287. The van der Waals surface area contributed by atoms with E-state index in [2.05, 4.69) is 4.72 Å². The highest BCUT2D eigenvalue weighted by Crippen LogP contribution is 2.22. The van der Waals surface area contributed by atoms with Crippen LogP contribution >= 0.6 is 22.9 Å². The highest BCUT2D eigenvalue weighted by molar-refractivity contribution is 7.91. The van der Waals surface area contributed by atoms with Crippen molar-refractivity contribution in [1.82, 2.24) is 4.72 Å². The van der Waals surface area contributed by atoms with Crippen molar-refractivity contribution in [2.75, 3.05) is 19.6 Å². The Morgan fingerprint density at radius 2 is 2.22 bits per heavy atom. The Bertz CT molecular complexity index is 453. The summed E-state index contributed by atoms with van der Waals surface area (Å²) in [5.74, 6) is 0.390. The van der Waals surface area contributed by atoms with Gasteiger partial charge in [-0.1, -0.05) is 6.92 Å². The molecule has 1 rings (SSSR count). The van der Waals surface area contributed by atoms with E-state index in [1.165, 1.54) is 18.4 Å². The van der Waals surface area contributed by atoms with Crippen LogP contribution in [0.2, 0.25) is 0 Å². The Morgan fingerprint density at radius 3 is 2.72 bits per heavy atom. The standard InChI is InChI=1S/C11H18ClNO3S2/c1-3-10-4-5-11(17-10)18(14,15)13-9(6-7-12)8-16-2/h4-5,9,13H,3,6-8H2,1-2H3. The molecule has 0 aromatic carbocycles. The molecule has 0 saturated heterocycles. The summed E-state index contributed by atoms with van der Waals surface area (Å²) in [6.45, 7) is 2.31. The smallest absolute Gasteiger partial charge is 0.250 e. The zero-order chi connectivity index (χ0) is 13.6. The van der Waals surface area contributed by atoms with Gasteiger partial charge in [-0.25, -0.2) is 13.1 Å². The van der Waals surface area contributed by atoms with Crippen LogP contribution in [0.3, 0.4) is 0 Å². The maximum atomic E-state index is 12.1. The van der Waals surface area contributed by atoms with Crippen LogP contribution in [-0.4, -0.2) is 34.1 Å². The Morgan fingerprint density at radius 1 is 1.50 bits per heavy atom. The molecule has 0 aliphatic heterocycles. The first-order valence-electron chi connectivity index (χ1n) is 5.69. The van der Waals surface area contributed by atoms with Crippen molar-refractivity contribution in [2.24, 2.45) is 0 Å². The summed E-state index contributed by atoms with van der Waals surface area (Å²) in [6.07, 6.45) is 1.38. The number of aryl methyl sites for hydroxylation is 1. The van der Waals surface area contributed by atoms with Gasteiger partial charge in [0.1, 0.15) is 4.21 Å². The molecule has 0 bridgehead atoms. The third-order valence-corrected chi connectivity index (χ3v) is 5.86. The second-order valence-electron chi connectivity index (χ2n) is 3.83. The fourth-order valence-corrected chi connectivity index (χ4v) is 4.31. The van der Waals surface area contributed by atoms with Crippen LogP contribution in [0.25, 0.3) is 0 Å². The molecule has 104 valence electrons. The summed E-state index contributed by atoms with van der Waals surface area (Å²) in [4.78, 5) is 1.05. The molecule has 0 aliphatic rings. The van der Waals surface area contributed by atoms with E-state index in [1.54, 1.807) is 6.07 Å². The second kappa shape index (κ2) is 7.45. The van der Waals surface area contributed by atoms with Crippen LogP contribution in [-0.2, 0) is 21.2 Å². The molecular formula is C11H18ClNO3S2. The largest absolute Gasteiger partial charge is 0.383 e. The molecule has 1 unspecified atom stereocenters. The molecule has 0 aliphatic carbocycles. The van der Waals surface area contributed by atoms with Crippen molar-refractivity contribution < 1.29 is 13.2 Å². The molecule has 0 fully saturated rings. The van der Waals surface area contributed by atoms with Gasteiger partial charge in [-0.15, -0.1) is 22.9 Å². The van der Waals surface area contributed by atoms with E-state index in [1.807, 2.05) is 13.0 Å². The first-order chi connectivity index (χ1) is 8.53. The number of hydrogen-bond acceptors (Lipinski definition) is 4. The number of methoxy groups -OCH3 is 1. The Labute approximate surface area is 117 Å². The fourth-order valence-electron chi connectivity index (χ4n) is 1.48. The summed E-state index contributed by atoms with van der Waals surface area (Å²) >= 11 is 6.94. The van der Waals surface area contributed by atoms with E-state index in [4.69, 9.17) is 16.3 Å². The fraction of sp³-hybridized carbons (Fsp3) is 0.636. The average molecular weight is 312 g/mol. The number of hydrogen-bond donors (Lipinski definition) is 1. The predicted molar refractivity (Wildman–Crippen MR) is 75.0 cm³/mol. The van der Waals surface area contributed by atoms with Crippen molar-refractivity contribution in [1.29, 1.82) is 0 Å². The lowest BCUT2D eigenvalue weighted by molar-refractivity contribution is 0.173. The summed E-state index contributed by atoms with van der Waals surface area (Å²) < 4.78 is 32.2. The van der Waals surface area contributed by atoms with Gasteiger partial charge in [-0.05, 0) is 25.0 Å². The van der Waals surface area contributed by atoms with Crippen LogP contribution in [0.15, 0.2) is 16.3 Å². The Hall–Kier alpha value is -0.140. The highest BCUT2D eigenvalue weighted by atomic mass is 35.5. The maximum absolute atomic E-state index is 12.1. The Balaban J connectivity index is 2.78. The molecule has 1 aromatic rings. The molecule has 0 radical (unpaired) electrons. The van der Waals surface area contributed by atoms with Crippen LogP contribution in [0.1, 0.15) is 18.2 Å². The van der Waals surface area contributed by atoms with E-state index in [-0.39, 0.29) is 6.04 Å². The molecule has 1 atom stereocenters. The number of ether oxygens (including phenoxy) is 1. The van der Waals surface area contributed by atoms with Gasteiger partial charge in [-0.2, -0.15) is 0 Å². The summed E-state index contributed by atoms with van der Waals surface area (Å²) in [5, 5.41) is 0. The third kappa shape index (κ3) is 4.51. The zero-order valence-electron chi connectivity index (χ0n) is 10.5. The molecule has 0 spiro atoms. The minimum Gasteiger partial charge on any atom is -0.383 e. The monoisotopic (exact) mass is 311 g/mol. The number of sulfonamides is 1. The van der Waals surface area contributed by atoms with E-state index in [0.29, 0.717) is 23.1 Å². The number of thiophene rings is 1. The van der Waals surface area contributed by atoms with Gasteiger partial charge in [0, 0.05) is 23.9 Å². The lowest BCUT2D eigenvalue weighted by Gasteiger charge is -2.15. The summed E-state index contributed by atoms with van der Waals surface area (Å²) in [5.41, 5.74) is 0. The van der Waals surface area contributed by atoms with E-state index >= 15 is 0 Å². The number of alkyl halides is 1. The first-order valence-corrected chi connectivity index (χ1v) is 8.52. The molecule has 18 heavy (non-hydrogen) atoms. The summed E-state index contributed by atoms with van der Waals surface area (Å²) in [7, 11) is -1.93. The highest BCUT2D eigenvalue weighted by Gasteiger charge is 2.21. The molecule has 1 aromatic heterocycles. The SMILES string of the molecule is CCc1ccc(S(=O)(=O)NC(CCCl)COC)s1. The second-order valence-corrected chi connectivity index (χ2v) is 7.31. The van der Waals surface area contributed by atoms with Crippen LogP contribution in [0, 0.1) is 0 Å². The molecule has 7 heteroatoms. The first kappa shape index (κ1) is 15.9. The van der Waals surface area contributed by atoms with Crippen molar-refractivity contribution in [2.45, 2.75) is 30.0 Å². The Kier molecular flexibility index (Phi) is 6.59. The van der Waals surface area contributed by atoms with Crippen LogP contribution in [0.4, 0.5) is 0 Å². The van der Waals surface area contributed by atoms with Gasteiger partial charge in [0.15, 0.2) is 0 Å². The molecule has 1 N–H and O–H groups in total. The molecule has 0 amide bonds. The van der Waals surface area contributed by atoms with E-state index < -0.39 is 10.0 Å². The van der Waals surface area contributed by atoms with Crippen molar-refractivity contribution in [3.63, 3.8) is 0 Å². The molecular weight excluding hydrogens is 294 g/mol. The quantitative estimate of drug-likeness (QED) is 0.749. The van der Waals surface area contributed by atoms with Gasteiger partial charge in [-0.3, -0.25) is 0 Å². The van der Waals surface area contributed by atoms with Gasteiger partial charge in [0.25, 0.3) is 0 Å². The number of rotatable bonds is 8. The van der Waals surface area contributed by atoms with Gasteiger partial charge < -0.3 is 4.74 Å². The zero-order valence-corrected chi connectivity index (χ0v) is 12.9. The third-order valence-electron chi connectivity index (χ3n) is 2.40. The number of nitrogens with one attached hydrogen (secondary N) is 1. The van der Waals surface area contributed by atoms with Gasteiger partial charge >= 0.3 is 0 Å². The number of halogens is 1. The lowest BCUT2D eigenvalue weighted by atomic mass is 10.3. The van der Waals surface area contributed by atoms with Crippen LogP contribution in [0.5, 0.6) is 0 Å². The van der Waals surface area contributed by atoms with Crippen LogP contribution < -0.4 is 4.72 Å². The molecule has 0 saturated carbocycles. The maximum Gasteiger partial charge on any atom is 0.250 e. The normalized spacial score (nSPS) is 13.7. The van der Waals surface area contributed by atoms with E-state index in [9.17, 15) is 8.42 Å². The van der Waals surface area contributed by atoms with Gasteiger partial charge in [0.2, 0.25) is 10.0 Å². The molecule has 4 nitrogen and oxygen atoms in total.